The van der Waals surface area contributed by atoms with Crippen molar-refractivity contribution < 1.29 is 4.42 Å². The van der Waals surface area contributed by atoms with Crippen LogP contribution in [0.5, 0.6) is 0 Å². The highest BCUT2D eigenvalue weighted by Gasteiger charge is 2.14. The van der Waals surface area contributed by atoms with Crippen LogP contribution in [0.25, 0.3) is 11.3 Å². The normalized spacial score (nSPS) is 11.2. The highest BCUT2D eigenvalue weighted by molar-refractivity contribution is 5.55. The molecule has 0 unspecified atom stereocenters. The summed E-state index contributed by atoms with van der Waals surface area (Å²) in [5.41, 5.74) is 1.09. The summed E-state index contributed by atoms with van der Waals surface area (Å²) in [4.78, 5) is 4.37. The lowest BCUT2D eigenvalue weighted by atomic mass is 10.0. The second-order valence-electron chi connectivity index (χ2n) is 4.14. The topological polar surface area (TPSA) is 31.0 Å². The van der Waals surface area contributed by atoms with Crippen molar-refractivity contribution in [2.45, 2.75) is 32.6 Å². The van der Waals surface area contributed by atoms with Crippen LogP contribution in [0.15, 0.2) is 29.1 Å². The fourth-order valence-electron chi connectivity index (χ4n) is 1.90. The Balaban J connectivity index is 2.25. The Morgan fingerprint density at radius 3 is 2.69 bits per heavy atom. The monoisotopic (exact) mass is 218 g/mol. The molecule has 0 amide bonds. The number of hydrogen-bond acceptors (Lipinski definition) is 2. The van der Waals surface area contributed by atoms with Crippen LogP contribution in [0.1, 0.15) is 38.5 Å². The van der Waals surface area contributed by atoms with E-state index in [1.165, 1.54) is 0 Å². The van der Waals surface area contributed by atoms with Gasteiger partial charge < -0.3 is 8.98 Å². The molecule has 0 N–H and O–H groups in total. The summed E-state index contributed by atoms with van der Waals surface area (Å²) >= 11 is 0. The van der Waals surface area contributed by atoms with Gasteiger partial charge in [-0.2, -0.15) is 0 Å². The van der Waals surface area contributed by atoms with Crippen molar-refractivity contribution in [1.82, 2.24) is 9.55 Å². The maximum absolute atomic E-state index is 5.80. The molecule has 86 valence electrons. The number of nitrogens with zero attached hydrogens (tertiary/aromatic N) is 2. The number of rotatable bonds is 4. The van der Waals surface area contributed by atoms with E-state index in [1.807, 2.05) is 36.3 Å². The van der Waals surface area contributed by atoms with Crippen LogP contribution in [0, 0.1) is 0 Å². The lowest BCUT2D eigenvalue weighted by molar-refractivity contribution is 0.439. The van der Waals surface area contributed by atoms with Crippen LogP contribution in [0.2, 0.25) is 0 Å². The number of oxazole rings is 1. The van der Waals surface area contributed by atoms with Gasteiger partial charge in [0, 0.05) is 30.9 Å². The van der Waals surface area contributed by atoms with Gasteiger partial charge in [0.2, 0.25) is 0 Å². The predicted octanol–water partition coefficient (Wildman–Crippen LogP) is 3.58. The van der Waals surface area contributed by atoms with Gasteiger partial charge in [-0.1, -0.05) is 13.8 Å². The van der Waals surface area contributed by atoms with E-state index in [-0.39, 0.29) is 0 Å². The SMILES string of the molecule is CCC(CC)c1ncc(-c2ccn(C)c2)o1. The zero-order valence-corrected chi connectivity index (χ0v) is 10.1. The number of aryl methyl sites for hydroxylation is 1. The molecular weight excluding hydrogens is 200 g/mol. The van der Waals surface area contributed by atoms with E-state index in [1.54, 1.807) is 0 Å². The number of hydrogen-bond donors (Lipinski definition) is 0. The zero-order chi connectivity index (χ0) is 11.5. The minimum Gasteiger partial charge on any atom is -0.440 e. The average molecular weight is 218 g/mol. The van der Waals surface area contributed by atoms with Gasteiger partial charge in [-0.3, -0.25) is 0 Å². The maximum atomic E-state index is 5.80. The summed E-state index contributed by atoms with van der Waals surface area (Å²) in [7, 11) is 2.00. The van der Waals surface area contributed by atoms with E-state index in [0.29, 0.717) is 5.92 Å². The lowest BCUT2D eigenvalue weighted by Gasteiger charge is -2.05. The Hall–Kier alpha value is -1.51. The summed E-state index contributed by atoms with van der Waals surface area (Å²) in [5.74, 6) is 2.17. The van der Waals surface area contributed by atoms with Crippen molar-refractivity contribution in [1.29, 1.82) is 0 Å². The van der Waals surface area contributed by atoms with Crippen molar-refractivity contribution in [3.8, 4) is 11.3 Å². The molecule has 0 saturated heterocycles. The molecule has 3 nitrogen and oxygen atoms in total. The van der Waals surface area contributed by atoms with Gasteiger partial charge >= 0.3 is 0 Å². The minimum absolute atomic E-state index is 0.442. The first kappa shape index (κ1) is 11.0. The van der Waals surface area contributed by atoms with Crippen LogP contribution in [0.3, 0.4) is 0 Å². The Morgan fingerprint density at radius 1 is 1.38 bits per heavy atom. The second kappa shape index (κ2) is 4.56. The van der Waals surface area contributed by atoms with Crippen molar-refractivity contribution >= 4 is 0 Å². The van der Waals surface area contributed by atoms with Gasteiger partial charge in [0.05, 0.1) is 6.20 Å². The predicted molar refractivity (Wildman–Crippen MR) is 64.2 cm³/mol. The molecule has 0 aliphatic carbocycles. The Kier molecular flexibility index (Phi) is 3.13. The lowest BCUT2D eigenvalue weighted by Crippen LogP contribution is -1.94. The van der Waals surface area contributed by atoms with Crippen molar-refractivity contribution in [2.75, 3.05) is 0 Å². The molecule has 3 heteroatoms. The van der Waals surface area contributed by atoms with Crippen molar-refractivity contribution in [3.63, 3.8) is 0 Å². The molecular formula is C13H18N2O. The summed E-state index contributed by atoms with van der Waals surface area (Å²) < 4.78 is 7.81. The van der Waals surface area contributed by atoms with E-state index in [4.69, 9.17) is 4.42 Å². The minimum atomic E-state index is 0.442. The van der Waals surface area contributed by atoms with Gasteiger partial charge in [-0.15, -0.1) is 0 Å². The zero-order valence-electron chi connectivity index (χ0n) is 10.1. The van der Waals surface area contributed by atoms with Gasteiger partial charge in [0.1, 0.15) is 0 Å². The van der Waals surface area contributed by atoms with Gasteiger partial charge in [0.25, 0.3) is 0 Å². The van der Waals surface area contributed by atoms with Crippen molar-refractivity contribution in [3.05, 3.63) is 30.5 Å². The Bertz CT molecular complexity index is 452. The third kappa shape index (κ3) is 2.03. The molecule has 0 bridgehead atoms. The summed E-state index contributed by atoms with van der Waals surface area (Å²) in [6.07, 6.45) is 8.02. The average Bonchev–Trinajstić information content (AvgIpc) is 2.89. The molecule has 0 aliphatic rings. The fraction of sp³-hybridized carbons (Fsp3) is 0.462. The third-order valence-electron chi connectivity index (χ3n) is 2.97. The van der Waals surface area contributed by atoms with Crippen LogP contribution in [0.4, 0.5) is 0 Å². The van der Waals surface area contributed by atoms with Gasteiger partial charge in [-0.25, -0.2) is 4.98 Å². The molecule has 2 aromatic rings. The van der Waals surface area contributed by atoms with E-state index in [0.717, 1.165) is 30.1 Å². The summed E-state index contributed by atoms with van der Waals surface area (Å²) in [5, 5.41) is 0. The summed E-state index contributed by atoms with van der Waals surface area (Å²) in [6.45, 7) is 4.33. The summed E-state index contributed by atoms with van der Waals surface area (Å²) in [6, 6.07) is 2.04. The first-order chi connectivity index (χ1) is 7.74. The Morgan fingerprint density at radius 2 is 2.12 bits per heavy atom. The fourth-order valence-corrected chi connectivity index (χ4v) is 1.90. The third-order valence-corrected chi connectivity index (χ3v) is 2.97. The standard InChI is InChI=1S/C13H18N2O/c1-4-10(5-2)13-14-8-12(16-13)11-6-7-15(3)9-11/h6-10H,4-5H2,1-3H3. The van der Waals surface area contributed by atoms with Crippen LogP contribution >= 0.6 is 0 Å². The van der Waals surface area contributed by atoms with Gasteiger partial charge in [-0.05, 0) is 18.9 Å². The maximum Gasteiger partial charge on any atom is 0.197 e. The Labute approximate surface area is 96.1 Å². The van der Waals surface area contributed by atoms with Gasteiger partial charge in [0.15, 0.2) is 11.7 Å². The van der Waals surface area contributed by atoms with E-state index < -0.39 is 0 Å². The van der Waals surface area contributed by atoms with E-state index >= 15 is 0 Å². The second-order valence-corrected chi connectivity index (χ2v) is 4.14. The molecule has 0 aromatic carbocycles. The molecule has 2 rings (SSSR count). The highest BCUT2D eigenvalue weighted by atomic mass is 16.4. The molecule has 0 saturated carbocycles. The largest absolute Gasteiger partial charge is 0.440 e. The highest BCUT2D eigenvalue weighted by Crippen LogP contribution is 2.27. The van der Waals surface area contributed by atoms with E-state index in [9.17, 15) is 0 Å². The van der Waals surface area contributed by atoms with Crippen molar-refractivity contribution in [2.24, 2.45) is 7.05 Å². The van der Waals surface area contributed by atoms with Crippen LogP contribution in [-0.2, 0) is 7.05 Å². The molecule has 2 aromatic heterocycles. The van der Waals surface area contributed by atoms with E-state index in [2.05, 4.69) is 18.8 Å². The molecule has 0 spiro atoms. The molecule has 0 radical (unpaired) electrons. The molecule has 16 heavy (non-hydrogen) atoms. The molecule has 0 fully saturated rings. The smallest absolute Gasteiger partial charge is 0.197 e. The molecule has 0 atom stereocenters. The quantitative estimate of drug-likeness (QED) is 0.785. The molecule has 0 aliphatic heterocycles. The first-order valence-electron chi connectivity index (χ1n) is 5.82. The number of aromatic nitrogens is 2. The van der Waals surface area contributed by atoms with Crippen LogP contribution in [-0.4, -0.2) is 9.55 Å². The van der Waals surface area contributed by atoms with Crippen LogP contribution < -0.4 is 0 Å². The molecule has 2 heterocycles. The first-order valence-corrected chi connectivity index (χ1v) is 5.82.